The fourth-order valence-electron chi connectivity index (χ4n) is 2.17. The van der Waals surface area contributed by atoms with E-state index in [1.807, 2.05) is 12.1 Å². The second kappa shape index (κ2) is 8.12. The highest BCUT2D eigenvalue weighted by atomic mass is 79.9. The number of amides is 1. The maximum absolute atomic E-state index is 12.1. The smallest absolute Gasteiger partial charge is 0.256 e. The van der Waals surface area contributed by atoms with Crippen molar-refractivity contribution in [3.8, 4) is 11.3 Å². The van der Waals surface area contributed by atoms with Gasteiger partial charge in [0.05, 0.1) is 17.3 Å². The predicted molar refractivity (Wildman–Crippen MR) is 95.2 cm³/mol. The number of ether oxygens (including phenoxy) is 1. The number of morpholine rings is 1. The number of aromatic nitrogens is 2. The third kappa shape index (κ3) is 4.45. The summed E-state index contributed by atoms with van der Waals surface area (Å²) in [5.74, 6) is 0.218. The zero-order chi connectivity index (χ0) is 15.5. The van der Waals surface area contributed by atoms with E-state index in [-0.39, 0.29) is 18.3 Å². The Hall–Kier alpha value is -1.12. The van der Waals surface area contributed by atoms with Gasteiger partial charge in [-0.05, 0) is 18.2 Å². The van der Waals surface area contributed by atoms with Gasteiger partial charge >= 0.3 is 0 Å². The summed E-state index contributed by atoms with van der Waals surface area (Å²) in [6.07, 6.45) is -0.497. The number of hydrogen-bond acceptors (Lipinski definition) is 4. The molecule has 1 aromatic heterocycles. The van der Waals surface area contributed by atoms with Crippen LogP contribution in [0.15, 0.2) is 28.7 Å². The molecular formula is C14H15BrCl2N4O2. The van der Waals surface area contributed by atoms with Crippen molar-refractivity contribution in [1.82, 2.24) is 15.5 Å². The van der Waals surface area contributed by atoms with Crippen molar-refractivity contribution in [2.75, 3.05) is 25.0 Å². The number of benzene rings is 1. The molecule has 0 saturated carbocycles. The van der Waals surface area contributed by atoms with Gasteiger partial charge in [-0.25, -0.2) is 0 Å². The van der Waals surface area contributed by atoms with Gasteiger partial charge in [0, 0.05) is 29.2 Å². The molecule has 1 aliphatic rings. The van der Waals surface area contributed by atoms with Gasteiger partial charge in [0.1, 0.15) is 6.10 Å². The molecule has 0 spiro atoms. The van der Waals surface area contributed by atoms with Crippen LogP contribution in [0.1, 0.15) is 0 Å². The minimum atomic E-state index is -0.497. The molecule has 6 nitrogen and oxygen atoms in total. The van der Waals surface area contributed by atoms with Gasteiger partial charge in [-0.1, -0.05) is 27.5 Å². The Balaban J connectivity index is 0.00000192. The first-order valence-electron chi connectivity index (χ1n) is 6.77. The van der Waals surface area contributed by atoms with E-state index in [1.165, 1.54) is 0 Å². The van der Waals surface area contributed by atoms with Gasteiger partial charge in [0.25, 0.3) is 5.91 Å². The molecule has 3 rings (SSSR count). The van der Waals surface area contributed by atoms with Crippen LogP contribution < -0.4 is 10.6 Å². The highest BCUT2D eigenvalue weighted by Crippen LogP contribution is 2.30. The molecular weight excluding hydrogens is 407 g/mol. The van der Waals surface area contributed by atoms with Gasteiger partial charge in [0.15, 0.2) is 5.82 Å². The maximum Gasteiger partial charge on any atom is 0.256 e. The van der Waals surface area contributed by atoms with Crippen LogP contribution >= 0.6 is 39.9 Å². The number of rotatable bonds is 3. The molecule has 2 heterocycles. The first kappa shape index (κ1) is 18.2. The van der Waals surface area contributed by atoms with E-state index in [4.69, 9.17) is 16.3 Å². The average molecular weight is 422 g/mol. The number of aromatic amines is 1. The van der Waals surface area contributed by atoms with E-state index in [0.29, 0.717) is 24.0 Å². The molecule has 1 amide bonds. The Morgan fingerprint density at radius 2 is 2.26 bits per heavy atom. The van der Waals surface area contributed by atoms with Crippen molar-refractivity contribution in [3.05, 3.63) is 33.8 Å². The van der Waals surface area contributed by atoms with Gasteiger partial charge in [0.2, 0.25) is 0 Å². The summed E-state index contributed by atoms with van der Waals surface area (Å²) in [4.78, 5) is 12.1. The Kier molecular flexibility index (Phi) is 6.43. The number of anilines is 1. The molecule has 124 valence electrons. The number of halogens is 3. The lowest BCUT2D eigenvalue weighted by Gasteiger charge is -2.22. The minimum Gasteiger partial charge on any atom is -0.366 e. The lowest BCUT2D eigenvalue weighted by molar-refractivity contribution is -0.128. The monoisotopic (exact) mass is 420 g/mol. The SMILES string of the molecule is Cl.O=C(Nc1cc(-c2cc(Br)ccc2Cl)[nH]n1)[C@H]1CNCCO1. The van der Waals surface area contributed by atoms with Crippen molar-refractivity contribution in [3.63, 3.8) is 0 Å². The second-order valence-electron chi connectivity index (χ2n) is 4.84. The highest BCUT2D eigenvalue weighted by Gasteiger charge is 2.22. The summed E-state index contributed by atoms with van der Waals surface area (Å²) in [5.41, 5.74) is 1.53. The third-order valence-electron chi connectivity index (χ3n) is 3.27. The topological polar surface area (TPSA) is 79.0 Å². The van der Waals surface area contributed by atoms with E-state index < -0.39 is 6.10 Å². The fraction of sp³-hybridized carbons (Fsp3) is 0.286. The summed E-state index contributed by atoms with van der Waals surface area (Å²) in [6, 6.07) is 7.28. The first-order valence-corrected chi connectivity index (χ1v) is 7.94. The zero-order valence-corrected chi connectivity index (χ0v) is 15.1. The van der Waals surface area contributed by atoms with Crippen molar-refractivity contribution in [1.29, 1.82) is 0 Å². The Bertz CT molecular complexity index is 689. The Morgan fingerprint density at radius 3 is 3.00 bits per heavy atom. The lowest BCUT2D eigenvalue weighted by atomic mass is 10.1. The van der Waals surface area contributed by atoms with Crippen LogP contribution in [0.3, 0.4) is 0 Å². The molecule has 0 unspecified atom stereocenters. The van der Waals surface area contributed by atoms with Gasteiger partial charge in [-0.15, -0.1) is 12.4 Å². The molecule has 1 saturated heterocycles. The molecule has 2 aromatic rings. The van der Waals surface area contributed by atoms with Crippen LogP contribution in [0, 0.1) is 0 Å². The van der Waals surface area contributed by atoms with Gasteiger partial charge in [-0.3, -0.25) is 9.89 Å². The van der Waals surface area contributed by atoms with Crippen LogP contribution in [-0.4, -0.2) is 41.9 Å². The van der Waals surface area contributed by atoms with Crippen molar-refractivity contribution >= 4 is 51.7 Å². The van der Waals surface area contributed by atoms with E-state index in [0.717, 1.165) is 22.3 Å². The zero-order valence-electron chi connectivity index (χ0n) is 11.9. The molecule has 1 atom stereocenters. The molecule has 1 aliphatic heterocycles. The highest BCUT2D eigenvalue weighted by molar-refractivity contribution is 9.10. The van der Waals surface area contributed by atoms with E-state index in [2.05, 4.69) is 36.8 Å². The molecule has 9 heteroatoms. The number of carbonyl (C=O) groups is 1. The van der Waals surface area contributed by atoms with Crippen LogP contribution in [0.25, 0.3) is 11.3 Å². The van der Waals surface area contributed by atoms with E-state index >= 15 is 0 Å². The fourth-order valence-corrected chi connectivity index (χ4v) is 2.75. The normalized spacial score (nSPS) is 17.4. The molecule has 1 aromatic carbocycles. The molecule has 0 aliphatic carbocycles. The summed E-state index contributed by atoms with van der Waals surface area (Å²) in [6.45, 7) is 1.79. The van der Waals surface area contributed by atoms with Crippen LogP contribution in [-0.2, 0) is 9.53 Å². The van der Waals surface area contributed by atoms with Crippen molar-refractivity contribution in [2.45, 2.75) is 6.10 Å². The minimum absolute atomic E-state index is 0. The number of hydrogen-bond donors (Lipinski definition) is 3. The molecule has 23 heavy (non-hydrogen) atoms. The number of carbonyl (C=O) groups excluding carboxylic acids is 1. The number of nitrogens with zero attached hydrogens (tertiary/aromatic N) is 1. The Morgan fingerprint density at radius 1 is 1.43 bits per heavy atom. The third-order valence-corrected chi connectivity index (χ3v) is 4.09. The summed E-state index contributed by atoms with van der Waals surface area (Å²) >= 11 is 9.59. The quantitative estimate of drug-likeness (QED) is 0.711. The van der Waals surface area contributed by atoms with Gasteiger partial charge < -0.3 is 15.4 Å². The van der Waals surface area contributed by atoms with E-state index in [9.17, 15) is 4.79 Å². The largest absolute Gasteiger partial charge is 0.366 e. The lowest BCUT2D eigenvalue weighted by Crippen LogP contribution is -2.45. The number of H-pyrrole nitrogens is 1. The second-order valence-corrected chi connectivity index (χ2v) is 6.17. The van der Waals surface area contributed by atoms with Gasteiger partial charge in [-0.2, -0.15) is 5.10 Å². The van der Waals surface area contributed by atoms with Crippen molar-refractivity contribution < 1.29 is 9.53 Å². The summed E-state index contributed by atoms with van der Waals surface area (Å²) in [5, 5.41) is 13.4. The molecule has 0 bridgehead atoms. The van der Waals surface area contributed by atoms with Crippen LogP contribution in [0.4, 0.5) is 5.82 Å². The standard InChI is InChI=1S/C14H14BrClN4O2.ClH/c15-8-1-2-10(16)9(5-8)11-6-13(20-19-11)18-14(21)12-7-17-3-4-22-12;/h1-2,5-6,12,17H,3-4,7H2,(H2,18,19,20,21);1H/t12-;/m1./s1. The average Bonchev–Trinajstić information content (AvgIpc) is 2.99. The molecule has 0 radical (unpaired) electrons. The first-order chi connectivity index (χ1) is 10.6. The van der Waals surface area contributed by atoms with Crippen molar-refractivity contribution in [2.24, 2.45) is 0 Å². The Labute approximate surface area is 152 Å². The molecule has 1 fully saturated rings. The summed E-state index contributed by atoms with van der Waals surface area (Å²) in [7, 11) is 0. The number of nitrogens with one attached hydrogen (secondary N) is 3. The van der Waals surface area contributed by atoms with Crippen LogP contribution in [0.5, 0.6) is 0 Å². The van der Waals surface area contributed by atoms with Crippen LogP contribution in [0.2, 0.25) is 5.02 Å². The maximum atomic E-state index is 12.1. The molecule has 3 N–H and O–H groups in total. The predicted octanol–water partition coefficient (Wildman–Crippen LogP) is 2.84. The summed E-state index contributed by atoms with van der Waals surface area (Å²) < 4.78 is 6.31. The van der Waals surface area contributed by atoms with E-state index in [1.54, 1.807) is 12.1 Å².